The minimum absolute atomic E-state index is 0.470. The van der Waals surface area contributed by atoms with Gasteiger partial charge in [0, 0.05) is 17.2 Å². The van der Waals surface area contributed by atoms with E-state index >= 15 is 0 Å². The summed E-state index contributed by atoms with van der Waals surface area (Å²) in [7, 11) is 0. The van der Waals surface area contributed by atoms with E-state index in [1.165, 1.54) is 0 Å². The SMILES string of the molecule is Clc1ccccc1.O=[N+]([O-])c1ccc(F)cc1F. The third kappa shape index (κ3) is 4.47. The molecule has 94 valence electrons. The molecule has 3 nitrogen and oxygen atoms in total. The van der Waals surface area contributed by atoms with Crippen LogP contribution in [0.15, 0.2) is 48.5 Å². The molecule has 2 aromatic carbocycles. The Morgan fingerprint density at radius 1 is 1.06 bits per heavy atom. The molecule has 0 aromatic heterocycles. The largest absolute Gasteiger partial charge is 0.304 e. The average molecular weight is 272 g/mol. The van der Waals surface area contributed by atoms with E-state index < -0.39 is 22.2 Å². The van der Waals surface area contributed by atoms with Gasteiger partial charge in [-0.3, -0.25) is 10.1 Å². The predicted octanol–water partition coefficient (Wildman–Crippen LogP) is 4.21. The van der Waals surface area contributed by atoms with Crippen LogP contribution in [-0.4, -0.2) is 4.92 Å². The first-order chi connectivity index (χ1) is 8.50. The fourth-order valence-electron chi connectivity index (χ4n) is 1.04. The van der Waals surface area contributed by atoms with E-state index in [0.29, 0.717) is 6.07 Å². The molecule has 0 N–H and O–H groups in total. The van der Waals surface area contributed by atoms with E-state index in [-0.39, 0.29) is 0 Å². The van der Waals surface area contributed by atoms with E-state index in [1.54, 1.807) is 0 Å². The molecule has 0 aliphatic carbocycles. The molecule has 0 unspecified atom stereocenters. The van der Waals surface area contributed by atoms with Gasteiger partial charge < -0.3 is 0 Å². The van der Waals surface area contributed by atoms with Gasteiger partial charge in [-0.15, -0.1) is 0 Å². The first kappa shape index (κ1) is 14.1. The molecule has 0 amide bonds. The minimum Gasteiger partial charge on any atom is -0.258 e. The standard InChI is InChI=1S/C6H5Cl.C6H3F2NO2/c7-6-4-2-1-3-5-6;7-4-1-2-6(9(10)11)5(8)3-4/h1-5H;1-3H. The van der Waals surface area contributed by atoms with Crippen molar-refractivity contribution in [2.75, 3.05) is 0 Å². The zero-order chi connectivity index (χ0) is 13.5. The van der Waals surface area contributed by atoms with Gasteiger partial charge in [-0.25, -0.2) is 4.39 Å². The second kappa shape index (κ2) is 6.66. The second-order valence-corrected chi connectivity index (χ2v) is 3.58. The number of nitro benzene ring substituents is 1. The molecule has 0 saturated carbocycles. The first-order valence-corrected chi connectivity index (χ1v) is 5.18. The van der Waals surface area contributed by atoms with Gasteiger partial charge in [0.1, 0.15) is 5.82 Å². The van der Waals surface area contributed by atoms with Crippen LogP contribution in [0.3, 0.4) is 0 Å². The van der Waals surface area contributed by atoms with Gasteiger partial charge >= 0.3 is 5.69 Å². The summed E-state index contributed by atoms with van der Waals surface area (Å²) in [5, 5.41) is 10.8. The van der Waals surface area contributed by atoms with E-state index in [1.807, 2.05) is 30.3 Å². The van der Waals surface area contributed by atoms with Crippen LogP contribution in [-0.2, 0) is 0 Å². The smallest absolute Gasteiger partial charge is 0.258 e. The van der Waals surface area contributed by atoms with Crippen LogP contribution >= 0.6 is 11.6 Å². The highest BCUT2D eigenvalue weighted by molar-refractivity contribution is 6.30. The highest BCUT2D eigenvalue weighted by Crippen LogP contribution is 2.16. The third-order valence-electron chi connectivity index (χ3n) is 1.84. The fourth-order valence-corrected chi connectivity index (χ4v) is 1.19. The highest BCUT2D eigenvalue weighted by atomic mass is 35.5. The number of nitro groups is 1. The lowest BCUT2D eigenvalue weighted by Gasteiger charge is -1.91. The Labute approximate surface area is 107 Å². The van der Waals surface area contributed by atoms with Crippen molar-refractivity contribution in [3.63, 3.8) is 0 Å². The van der Waals surface area contributed by atoms with Crippen LogP contribution in [0.5, 0.6) is 0 Å². The lowest BCUT2D eigenvalue weighted by molar-refractivity contribution is -0.387. The molecule has 2 rings (SSSR count). The first-order valence-electron chi connectivity index (χ1n) is 4.80. The van der Waals surface area contributed by atoms with Gasteiger partial charge in [0.25, 0.3) is 0 Å². The van der Waals surface area contributed by atoms with Gasteiger partial charge in [-0.05, 0) is 18.2 Å². The number of hydrogen-bond donors (Lipinski definition) is 0. The average Bonchev–Trinajstić information content (AvgIpc) is 2.30. The molecule has 0 fully saturated rings. The van der Waals surface area contributed by atoms with Crippen molar-refractivity contribution in [3.8, 4) is 0 Å². The third-order valence-corrected chi connectivity index (χ3v) is 2.09. The molecular formula is C12H8ClF2NO2. The van der Waals surface area contributed by atoms with Crippen LogP contribution in [0.25, 0.3) is 0 Å². The lowest BCUT2D eigenvalue weighted by atomic mass is 10.3. The van der Waals surface area contributed by atoms with Crippen molar-refractivity contribution in [3.05, 3.63) is 75.3 Å². The molecule has 6 heteroatoms. The van der Waals surface area contributed by atoms with E-state index in [2.05, 4.69) is 0 Å². The molecule has 0 atom stereocenters. The maximum Gasteiger partial charge on any atom is 0.304 e. The van der Waals surface area contributed by atoms with E-state index in [0.717, 1.165) is 17.2 Å². The highest BCUT2D eigenvalue weighted by Gasteiger charge is 2.12. The number of halogens is 3. The molecule has 0 aliphatic heterocycles. The van der Waals surface area contributed by atoms with E-state index in [9.17, 15) is 18.9 Å². The lowest BCUT2D eigenvalue weighted by Crippen LogP contribution is -1.92. The van der Waals surface area contributed by atoms with Gasteiger partial charge in [-0.1, -0.05) is 29.8 Å². The molecule has 0 bridgehead atoms. The quantitative estimate of drug-likeness (QED) is 0.576. The number of benzene rings is 2. The summed E-state index contributed by atoms with van der Waals surface area (Å²) in [6.45, 7) is 0. The molecule has 2 aromatic rings. The Morgan fingerprint density at radius 3 is 2.06 bits per heavy atom. The summed E-state index contributed by atoms with van der Waals surface area (Å²) < 4.78 is 24.6. The zero-order valence-corrected chi connectivity index (χ0v) is 9.77. The van der Waals surface area contributed by atoms with Crippen molar-refractivity contribution < 1.29 is 13.7 Å². The Morgan fingerprint density at radius 2 is 1.67 bits per heavy atom. The predicted molar refractivity (Wildman–Crippen MR) is 64.5 cm³/mol. The minimum atomic E-state index is -1.16. The number of hydrogen-bond acceptors (Lipinski definition) is 2. The number of nitrogens with zero attached hydrogens (tertiary/aromatic N) is 1. The van der Waals surface area contributed by atoms with Crippen molar-refractivity contribution >= 4 is 17.3 Å². The summed E-state index contributed by atoms with van der Waals surface area (Å²) in [5.74, 6) is -1.98. The summed E-state index contributed by atoms with van der Waals surface area (Å²) >= 11 is 5.54. The Hall–Kier alpha value is -2.01. The van der Waals surface area contributed by atoms with E-state index in [4.69, 9.17) is 11.6 Å². The van der Waals surface area contributed by atoms with Gasteiger partial charge in [0.2, 0.25) is 5.82 Å². The summed E-state index contributed by atoms with van der Waals surface area (Å²) in [5.41, 5.74) is -0.716. The van der Waals surface area contributed by atoms with Crippen molar-refractivity contribution in [1.29, 1.82) is 0 Å². The molecular weight excluding hydrogens is 264 g/mol. The molecule has 0 aliphatic rings. The zero-order valence-electron chi connectivity index (χ0n) is 9.02. The molecule has 0 radical (unpaired) electrons. The monoisotopic (exact) mass is 271 g/mol. The van der Waals surface area contributed by atoms with Gasteiger partial charge in [0.05, 0.1) is 4.92 Å². The Balaban J connectivity index is 0.000000199. The topological polar surface area (TPSA) is 43.1 Å². The summed E-state index contributed by atoms with van der Waals surface area (Å²) in [6.07, 6.45) is 0. The Kier molecular flexibility index (Phi) is 5.20. The molecule has 0 spiro atoms. The van der Waals surface area contributed by atoms with Crippen LogP contribution < -0.4 is 0 Å². The Bertz CT molecular complexity index is 535. The molecule has 0 saturated heterocycles. The van der Waals surface area contributed by atoms with Crippen LogP contribution in [0.4, 0.5) is 14.5 Å². The molecule has 0 heterocycles. The van der Waals surface area contributed by atoms with Crippen LogP contribution in [0.1, 0.15) is 0 Å². The van der Waals surface area contributed by atoms with Gasteiger partial charge in [-0.2, -0.15) is 4.39 Å². The number of rotatable bonds is 1. The van der Waals surface area contributed by atoms with Crippen molar-refractivity contribution in [1.82, 2.24) is 0 Å². The second-order valence-electron chi connectivity index (χ2n) is 3.15. The summed E-state index contributed by atoms with van der Waals surface area (Å²) in [4.78, 5) is 9.07. The molecule has 18 heavy (non-hydrogen) atoms. The van der Waals surface area contributed by atoms with Gasteiger partial charge in [0.15, 0.2) is 0 Å². The summed E-state index contributed by atoms with van der Waals surface area (Å²) in [6, 6.07) is 11.5. The maximum atomic E-state index is 12.4. The maximum absolute atomic E-state index is 12.4. The van der Waals surface area contributed by atoms with Crippen LogP contribution in [0.2, 0.25) is 5.02 Å². The van der Waals surface area contributed by atoms with Crippen LogP contribution in [0, 0.1) is 21.7 Å². The van der Waals surface area contributed by atoms with Crippen molar-refractivity contribution in [2.24, 2.45) is 0 Å². The fraction of sp³-hybridized carbons (Fsp3) is 0. The van der Waals surface area contributed by atoms with Crippen molar-refractivity contribution in [2.45, 2.75) is 0 Å². The normalized spacial score (nSPS) is 9.28.